The van der Waals surface area contributed by atoms with Gasteiger partial charge in [-0.1, -0.05) is 22.0 Å². The minimum atomic E-state index is -4.72. The molecule has 20 heavy (non-hydrogen) atoms. The van der Waals surface area contributed by atoms with E-state index in [1.54, 1.807) is 0 Å². The molecule has 0 aromatic heterocycles. The van der Waals surface area contributed by atoms with Gasteiger partial charge in [0.1, 0.15) is 5.75 Å². The fourth-order valence-electron chi connectivity index (χ4n) is 1.37. The number of ether oxygens (including phenoxy) is 1. The van der Waals surface area contributed by atoms with Crippen LogP contribution in [0.25, 0.3) is 0 Å². The zero-order valence-electron chi connectivity index (χ0n) is 9.72. The number of thioether (sulfide) groups is 1. The predicted molar refractivity (Wildman–Crippen MR) is 67.7 cm³/mol. The molecule has 0 heterocycles. The first-order chi connectivity index (χ1) is 9.24. The zero-order chi connectivity index (χ0) is 15.3. The van der Waals surface area contributed by atoms with Crippen LogP contribution in [0.1, 0.15) is 16.8 Å². The van der Waals surface area contributed by atoms with Gasteiger partial charge in [-0.25, -0.2) is 0 Å². The Morgan fingerprint density at radius 3 is 2.50 bits per heavy atom. The summed E-state index contributed by atoms with van der Waals surface area (Å²) < 4.78 is 65.9. The third-order valence-electron chi connectivity index (χ3n) is 2.03. The van der Waals surface area contributed by atoms with E-state index in [1.165, 1.54) is 6.07 Å². The summed E-state index contributed by atoms with van der Waals surface area (Å²) in [4.78, 5) is 11.1. The van der Waals surface area contributed by atoms with Crippen LogP contribution in [0.4, 0.5) is 22.0 Å². The highest BCUT2D eigenvalue weighted by atomic mass is 79.9. The van der Waals surface area contributed by atoms with Crippen molar-refractivity contribution in [2.45, 2.75) is 23.4 Å². The summed E-state index contributed by atoms with van der Waals surface area (Å²) in [7, 11) is 0. The first kappa shape index (κ1) is 17.2. The van der Waals surface area contributed by atoms with Gasteiger partial charge in [-0.3, -0.25) is 4.79 Å². The lowest BCUT2D eigenvalue weighted by Crippen LogP contribution is -2.10. The van der Waals surface area contributed by atoms with E-state index in [1.807, 2.05) is 0 Å². The Balaban J connectivity index is 3.24. The second kappa shape index (κ2) is 7.26. The van der Waals surface area contributed by atoms with Crippen molar-refractivity contribution in [2.24, 2.45) is 0 Å². The fourth-order valence-corrected chi connectivity index (χ4v) is 2.47. The number of carbonyl (C=O) groups is 1. The van der Waals surface area contributed by atoms with Crippen LogP contribution in [-0.4, -0.2) is 23.2 Å². The summed E-state index contributed by atoms with van der Waals surface area (Å²) in [6.07, 6.45) is -0.0520. The quantitative estimate of drug-likeness (QED) is 0.305. The van der Waals surface area contributed by atoms with Gasteiger partial charge >= 0.3 is 12.1 Å². The van der Waals surface area contributed by atoms with Crippen molar-refractivity contribution in [2.75, 3.05) is 5.33 Å². The van der Waals surface area contributed by atoms with E-state index in [2.05, 4.69) is 20.7 Å². The molecule has 0 saturated carbocycles. The van der Waals surface area contributed by atoms with Gasteiger partial charge in [0, 0.05) is 17.3 Å². The van der Waals surface area contributed by atoms with Crippen LogP contribution >= 0.6 is 27.7 Å². The second-order valence-electron chi connectivity index (χ2n) is 3.42. The second-order valence-corrected chi connectivity index (χ2v) is 5.29. The molecule has 0 N–H and O–H groups in total. The fraction of sp³-hybridized carbons (Fsp3) is 0.364. The molecule has 0 aliphatic rings. The SMILES string of the molecule is O=C(CCBr)c1cccc(OC(F)F)c1SC(F)(F)F. The van der Waals surface area contributed by atoms with Crippen molar-refractivity contribution in [3.63, 3.8) is 0 Å². The number of benzene rings is 1. The summed E-state index contributed by atoms with van der Waals surface area (Å²) in [6.45, 7) is -3.27. The summed E-state index contributed by atoms with van der Waals surface area (Å²) in [5, 5.41) is 0.252. The van der Waals surface area contributed by atoms with E-state index in [-0.39, 0.29) is 17.3 Å². The molecule has 0 unspecified atom stereocenters. The van der Waals surface area contributed by atoms with E-state index in [0.29, 0.717) is 0 Å². The molecule has 2 nitrogen and oxygen atoms in total. The highest BCUT2D eigenvalue weighted by Crippen LogP contribution is 2.44. The van der Waals surface area contributed by atoms with Crippen LogP contribution < -0.4 is 4.74 Å². The molecule has 112 valence electrons. The van der Waals surface area contributed by atoms with Gasteiger partial charge < -0.3 is 4.74 Å². The maximum absolute atomic E-state index is 12.5. The van der Waals surface area contributed by atoms with Crippen LogP contribution in [0.5, 0.6) is 5.75 Å². The van der Waals surface area contributed by atoms with E-state index < -0.39 is 40.3 Å². The lowest BCUT2D eigenvalue weighted by Gasteiger charge is -2.15. The highest BCUT2D eigenvalue weighted by molar-refractivity contribution is 9.09. The van der Waals surface area contributed by atoms with E-state index in [4.69, 9.17) is 0 Å². The van der Waals surface area contributed by atoms with Crippen LogP contribution in [0.2, 0.25) is 0 Å². The van der Waals surface area contributed by atoms with E-state index in [0.717, 1.165) is 12.1 Å². The number of ketones is 1. The first-order valence-corrected chi connectivity index (χ1v) is 7.11. The number of alkyl halides is 6. The summed E-state index contributed by atoms with van der Waals surface area (Å²) in [5.74, 6) is -1.25. The molecule has 0 atom stereocenters. The van der Waals surface area contributed by atoms with Crippen molar-refractivity contribution >= 4 is 33.5 Å². The minimum Gasteiger partial charge on any atom is -0.434 e. The highest BCUT2D eigenvalue weighted by Gasteiger charge is 2.33. The number of halogens is 6. The number of carbonyl (C=O) groups excluding carboxylic acids is 1. The number of Topliss-reactive ketones (excluding diaryl/α,β-unsaturated/α-hetero) is 1. The third kappa shape index (κ3) is 5.28. The van der Waals surface area contributed by atoms with Gasteiger partial charge in [-0.05, 0) is 23.9 Å². The molecular weight excluding hydrogens is 371 g/mol. The van der Waals surface area contributed by atoms with E-state index in [9.17, 15) is 26.7 Å². The lowest BCUT2D eigenvalue weighted by molar-refractivity contribution is -0.0528. The largest absolute Gasteiger partial charge is 0.446 e. The van der Waals surface area contributed by atoms with Gasteiger partial charge in [-0.15, -0.1) is 0 Å². The van der Waals surface area contributed by atoms with Crippen molar-refractivity contribution in [1.29, 1.82) is 0 Å². The molecule has 0 aliphatic heterocycles. The number of hydrogen-bond donors (Lipinski definition) is 0. The molecular formula is C11H8BrF5O2S. The Hall–Kier alpha value is -0.830. The van der Waals surface area contributed by atoms with Crippen molar-refractivity contribution < 1.29 is 31.5 Å². The molecule has 0 spiro atoms. The topological polar surface area (TPSA) is 26.3 Å². The van der Waals surface area contributed by atoms with Gasteiger partial charge in [0.25, 0.3) is 0 Å². The van der Waals surface area contributed by atoms with Gasteiger partial charge in [-0.2, -0.15) is 22.0 Å². The van der Waals surface area contributed by atoms with Crippen molar-refractivity contribution in [1.82, 2.24) is 0 Å². The Labute approximate surface area is 123 Å². The molecule has 0 aliphatic carbocycles. The number of hydrogen-bond acceptors (Lipinski definition) is 3. The Kier molecular flexibility index (Phi) is 6.25. The van der Waals surface area contributed by atoms with Crippen LogP contribution in [-0.2, 0) is 0 Å². The van der Waals surface area contributed by atoms with E-state index >= 15 is 0 Å². The zero-order valence-corrected chi connectivity index (χ0v) is 12.1. The Morgan fingerprint density at radius 1 is 1.35 bits per heavy atom. The van der Waals surface area contributed by atoms with Crippen LogP contribution in [0, 0.1) is 0 Å². The Bertz CT molecular complexity index is 478. The van der Waals surface area contributed by atoms with Gasteiger partial charge in [0.05, 0.1) is 4.90 Å². The Morgan fingerprint density at radius 2 is 2.00 bits per heavy atom. The van der Waals surface area contributed by atoms with Gasteiger partial charge in [0.15, 0.2) is 5.78 Å². The molecule has 1 rings (SSSR count). The molecule has 0 bridgehead atoms. The predicted octanol–water partition coefficient (Wildman–Crippen LogP) is 4.87. The lowest BCUT2D eigenvalue weighted by atomic mass is 10.1. The summed E-state index contributed by atoms with van der Waals surface area (Å²) in [5.41, 5.74) is -5.00. The third-order valence-corrected chi connectivity index (χ3v) is 3.29. The minimum absolute atomic E-state index is 0.0520. The monoisotopic (exact) mass is 378 g/mol. The molecule has 0 saturated heterocycles. The molecule has 0 fully saturated rings. The molecule has 1 aromatic rings. The molecule has 0 amide bonds. The average molecular weight is 379 g/mol. The molecule has 1 aromatic carbocycles. The van der Waals surface area contributed by atoms with Crippen LogP contribution in [0.15, 0.2) is 23.1 Å². The standard InChI is InChI=1S/C11H8BrF5O2S/c12-5-4-7(18)6-2-1-3-8(19-10(13)14)9(6)20-11(15,16)17/h1-3,10H,4-5H2. The van der Waals surface area contributed by atoms with Crippen molar-refractivity contribution in [3.05, 3.63) is 23.8 Å². The summed E-state index contributed by atoms with van der Waals surface area (Å²) >= 11 is 2.35. The maximum atomic E-state index is 12.5. The first-order valence-electron chi connectivity index (χ1n) is 5.17. The molecule has 0 radical (unpaired) electrons. The smallest absolute Gasteiger partial charge is 0.434 e. The van der Waals surface area contributed by atoms with Crippen molar-refractivity contribution in [3.8, 4) is 5.75 Å². The average Bonchev–Trinajstić information content (AvgIpc) is 2.29. The molecule has 9 heteroatoms. The number of rotatable bonds is 6. The van der Waals surface area contributed by atoms with Gasteiger partial charge in [0.2, 0.25) is 0 Å². The van der Waals surface area contributed by atoms with Crippen LogP contribution in [0.3, 0.4) is 0 Å². The summed E-state index contributed by atoms with van der Waals surface area (Å²) in [6, 6.07) is 3.31. The maximum Gasteiger partial charge on any atom is 0.446 e. The normalized spacial score (nSPS) is 11.8.